The first-order valence-electron chi connectivity index (χ1n) is 5.64. The molecule has 5 nitrogen and oxygen atoms in total. The van der Waals surface area contributed by atoms with Gasteiger partial charge in [-0.05, 0) is 5.41 Å². The van der Waals surface area contributed by atoms with Gasteiger partial charge in [0.15, 0.2) is 0 Å². The minimum atomic E-state index is -0.503. The van der Waals surface area contributed by atoms with Crippen molar-refractivity contribution in [2.75, 3.05) is 26.4 Å². The van der Waals surface area contributed by atoms with Crippen LogP contribution in [0.4, 0.5) is 0 Å². The van der Waals surface area contributed by atoms with Crippen LogP contribution in [0.15, 0.2) is 0 Å². The van der Waals surface area contributed by atoms with Crippen LogP contribution in [0, 0.1) is 5.41 Å². The van der Waals surface area contributed by atoms with Crippen molar-refractivity contribution in [2.24, 2.45) is 11.1 Å². The zero-order valence-corrected chi connectivity index (χ0v) is 10.3. The molecule has 1 amide bonds. The van der Waals surface area contributed by atoms with E-state index in [0.29, 0.717) is 26.4 Å². The molecule has 1 heterocycles. The zero-order valence-electron chi connectivity index (χ0n) is 10.3. The first-order valence-corrected chi connectivity index (χ1v) is 5.64. The number of ether oxygens (including phenoxy) is 2. The Labute approximate surface area is 96.7 Å². The van der Waals surface area contributed by atoms with Crippen LogP contribution in [0.2, 0.25) is 0 Å². The Balaban J connectivity index is 2.29. The van der Waals surface area contributed by atoms with E-state index in [1.165, 1.54) is 0 Å². The van der Waals surface area contributed by atoms with E-state index in [4.69, 9.17) is 15.2 Å². The number of hydrogen-bond donors (Lipinski definition) is 2. The predicted octanol–water partition coefficient (Wildman–Crippen LogP) is -0.109. The highest BCUT2D eigenvalue weighted by Crippen LogP contribution is 2.17. The third-order valence-electron chi connectivity index (χ3n) is 2.60. The first kappa shape index (κ1) is 13.4. The third-order valence-corrected chi connectivity index (χ3v) is 2.60. The molecule has 16 heavy (non-hydrogen) atoms. The molecule has 3 N–H and O–H groups in total. The van der Waals surface area contributed by atoms with Gasteiger partial charge in [-0.1, -0.05) is 20.8 Å². The van der Waals surface area contributed by atoms with Gasteiger partial charge in [0.05, 0.1) is 32.0 Å². The van der Waals surface area contributed by atoms with E-state index < -0.39 is 6.04 Å². The lowest BCUT2D eigenvalue weighted by Crippen LogP contribution is -2.51. The molecule has 0 radical (unpaired) electrons. The Morgan fingerprint density at radius 3 is 2.69 bits per heavy atom. The minimum Gasteiger partial charge on any atom is -0.376 e. The third kappa shape index (κ3) is 4.08. The van der Waals surface area contributed by atoms with Crippen LogP contribution in [-0.2, 0) is 14.3 Å². The molecule has 0 bridgehead atoms. The van der Waals surface area contributed by atoms with Crippen LogP contribution in [0.1, 0.15) is 20.8 Å². The predicted molar refractivity (Wildman–Crippen MR) is 61.0 cm³/mol. The standard InChI is InChI=1S/C11H22N2O3/c1-11(2,3)9(12)10(14)13-6-8-7-15-4-5-16-8/h8-9H,4-7,12H2,1-3H3,(H,13,14). The minimum absolute atomic E-state index is 0.0510. The van der Waals surface area contributed by atoms with Crippen LogP contribution >= 0.6 is 0 Å². The fraction of sp³-hybridized carbons (Fsp3) is 0.909. The van der Waals surface area contributed by atoms with Crippen LogP contribution in [-0.4, -0.2) is 44.4 Å². The molecule has 0 aromatic heterocycles. The summed E-state index contributed by atoms with van der Waals surface area (Å²) in [4.78, 5) is 11.7. The maximum Gasteiger partial charge on any atom is 0.237 e. The van der Waals surface area contributed by atoms with Crippen molar-refractivity contribution >= 4 is 5.91 Å². The van der Waals surface area contributed by atoms with Gasteiger partial charge in [0, 0.05) is 6.54 Å². The number of rotatable bonds is 3. The molecule has 2 unspecified atom stereocenters. The topological polar surface area (TPSA) is 73.6 Å². The molecule has 1 saturated heterocycles. The molecule has 1 aliphatic heterocycles. The summed E-state index contributed by atoms with van der Waals surface area (Å²) in [7, 11) is 0. The Morgan fingerprint density at radius 1 is 1.50 bits per heavy atom. The van der Waals surface area contributed by atoms with E-state index in [0.717, 1.165) is 0 Å². The van der Waals surface area contributed by atoms with E-state index >= 15 is 0 Å². The lowest BCUT2D eigenvalue weighted by Gasteiger charge is -2.28. The molecule has 0 aromatic carbocycles. The summed E-state index contributed by atoms with van der Waals surface area (Å²) in [6, 6.07) is -0.503. The highest BCUT2D eigenvalue weighted by molar-refractivity contribution is 5.82. The number of nitrogens with two attached hydrogens (primary N) is 1. The molecule has 1 aliphatic rings. The van der Waals surface area contributed by atoms with Crippen molar-refractivity contribution < 1.29 is 14.3 Å². The molecular formula is C11H22N2O3. The summed E-state index contributed by atoms with van der Waals surface area (Å²) in [5.41, 5.74) is 5.60. The van der Waals surface area contributed by atoms with Crippen molar-refractivity contribution in [2.45, 2.75) is 32.9 Å². The summed E-state index contributed by atoms with van der Waals surface area (Å²) in [5.74, 6) is -0.137. The molecular weight excluding hydrogens is 208 g/mol. The average molecular weight is 230 g/mol. The highest BCUT2D eigenvalue weighted by Gasteiger charge is 2.27. The number of amides is 1. The van der Waals surface area contributed by atoms with E-state index in [-0.39, 0.29) is 17.4 Å². The van der Waals surface area contributed by atoms with Gasteiger partial charge in [0.25, 0.3) is 0 Å². The van der Waals surface area contributed by atoms with Crippen molar-refractivity contribution in [1.82, 2.24) is 5.32 Å². The summed E-state index contributed by atoms with van der Waals surface area (Å²) < 4.78 is 10.6. The lowest BCUT2D eigenvalue weighted by atomic mass is 9.87. The normalized spacial score (nSPS) is 23.9. The quantitative estimate of drug-likeness (QED) is 0.709. The van der Waals surface area contributed by atoms with Crippen molar-refractivity contribution in [3.8, 4) is 0 Å². The molecule has 94 valence electrons. The zero-order chi connectivity index (χ0) is 12.2. The van der Waals surface area contributed by atoms with Gasteiger partial charge in [-0.25, -0.2) is 0 Å². The van der Waals surface area contributed by atoms with Crippen molar-refractivity contribution in [3.63, 3.8) is 0 Å². The molecule has 0 saturated carbocycles. The molecule has 5 heteroatoms. The number of carbonyl (C=O) groups is 1. The fourth-order valence-corrected chi connectivity index (χ4v) is 1.37. The van der Waals surface area contributed by atoms with Gasteiger partial charge in [-0.3, -0.25) is 4.79 Å². The van der Waals surface area contributed by atoms with Gasteiger partial charge in [0.1, 0.15) is 0 Å². The highest BCUT2D eigenvalue weighted by atomic mass is 16.6. The second-order valence-corrected chi connectivity index (χ2v) is 5.16. The van der Waals surface area contributed by atoms with E-state index in [9.17, 15) is 4.79 Å². The SMILES string of the molecule is CC(C)(C)C(N)C(=O)NCC1COCCO1. The average Bonchev–Trinajstić information content (AvgIpc) is 2.25. The monoisotopic (exact) mass is 230 g/mol. The van der Waals surface area contributed by atoms with Gasteiger partial charge < -0.3 is 20.5 Å². The molecule has 0 spiro atoms. The van der Waals surface area contributed by atoms with Gasteiger partial charge in [0.2, 0.25) is 5.91 Å². The summed E-state index contributed by atoms with van der Waals surface area (Å²) in [5, 5.41) is 2.79. The second kappa shape index (κ2) is 5.61. The lowest BCUT2D eigenvalue weighted by molar-refractivity contribution is -0.127. The number of carbonyl (C=O) groups excluding carboxylic acids is 1. The fourth-order valence-electron chi connectivity index (χ4n) is 1.37. The van der Waals surface area contributed by atoms with Gasteiger partial charge in [-0.2, -0.15) is 0 Å². The molecule has 0 aliphatic carbocycles. The maximum absolute atomic E-state index is 11.7. The van der Waals surface area contributed by atoms with E-state index in [2.05, 4.69) is 5.32 Å². The first-order chi connectivity index (χ1) is 7.41. The Kier molecular flexibility index (Phi) is 4.70. The number of nitrogens with one attached hydrogen (secondary N) is 1. The smallest absolute Gasteiger partial charge is 0.237 e. The molecule has 0 aromatic rings. The van der Waals surface area contributed by atoms with E-state index in [1.54, 1.807) is 0 Å². The van der Waals surface area contributed by atoms with Crippen LogP contribution in [0.5, 0.6) is 0 Å². The maximum atomic E-state index is 11.7. The summed E-state index contributed by atoms with van der Waals surface area (Å²) in [6.45, 7) is 8.04. The molecule has 2 atom stereocenters. The Morgan fingerprint density at radius 2 is 2.19 bits per heavy atom. The van der Waals surface area contributed by atoms with Gasteiger partial charge >= 0.3 is 0 Å². The summed E-state index contributed by atoms with van der Waals surface area (Å²) >= 11 is 0. The van der Waals surface area contributed by atoms with Crippen molar-refractivity contribution in [3.05, 3.63) is 0 Å². The van der Waals surface area contributed by atoms with Crippen LogP contribution in [0.3, 0.4) is 0 Å². The summed E-state index contributed by atoms with van der Waals surface area (Å²) in [6.07, 6.45) is -0.0510. The Bertz CT molecular complexity index is 232. The van der Waals surface area contributed by atoms with Crippen LogP contribution in [0.25, 0.3) is 0 Å². The second-order valence-electron chi connectivity index (χ2n) is 5.16. The van der Waals surface area contributed by atoms with Gasteiger partial charge in [-0.15, -0.1) is 0 Å². The van der Waals surface area contributed by atoms with E-state index in [1.807, 2.05) is 20.8 Å². The van der Waals surface area contributed by atoms with Crippen LogP contribution < -0.4 is 11.1 Å². The van der Waals surface area contributed by atoms with Crippen molar-refractivity contribution in [1.29, 1.82) is 0 Å². The largest absolute Gasteiger partial charge is 0.376 e. The molecule has 1 rings (SSSR count). The molecule has 1 fully saturated rings. The Hall–Kier alpha value is -0.650. The number of hydrogen-bond acceptors (Lipinski definition) is 4.